The molecule has 1 aromatic heterocycles. The van der Waals surface area contributed by atoms with Crippen molar-refractivity contribution < 1.29 is 14.5 Å². The number of methoxy groups -OCH3 is 1. The molecular weight excluding hydrogens is 214 g/mol. The third kappa shape index (κ3) is 3.04. The van der Waals surface area contributed by atoms with Crippen molar-refractivity contribution >= 4 is 11.8 Å². The summed E-state index contributed by atoms with van der Waals surface area (Å²) in [5.74, 6) is -0.434. The van der Waals surface area contributed by atoms with E-state index in [2.05, 4.69) is 9.84 Å². The van der Waals surface area contributed by atoms with Crippen molar-refractivity contribution in [1.29, 1.82) is 0 Å². The highest BCUT2D eigenvalue weighted by Crippen LogP contribution is 2.14. The molecule has 0 radical (unpaired) electrons. The lowest BCUT2D eigenvalue weighted by Crippen LogP contribution is -2.04. The maximum absolute atomic E-state index is 10.8. The molecule has 0 aliphatic rings. The van der Waals surface area contributed by atoms with E-state index in [1.807, 2.05) is 0 Å². The fourth-order valence-corrected chi connectivity index (χ4v) is 1.29. The summed E-state index contributed by atoms with van der Waals surface area (Å²) in [6.45, 7) is 2.09. The number of aryl methyl sites for hydroxylation is 2. The van der Waals surface area contributed by atoms with Gasteiger partial charge in [0.1, 0.15) is 0 Å². The van der Waals surface area contributed by atoms with Crippen LogP contribution in [0.2, 0.25) is 0 Å². The molecule has 0 bridgehead atoms. The number of carbonyl (C=O) groups excluding carboxylic acids is 1. The van der Waals surface area contributed by atoms with Gasteiger partial charge in [-0.25, -0.2) is 0 Å². The lowest BCUT2D eigenvalue weighted by molar-refractivity contribution is -0.390. The van der Waals surface area contributed by atoms with Gasteiger partial charge in [0.2, 0.25) is 0 Å². The number of rotatable bonds is 5. The molecule has 0 saturated heterocycles. The summed E-state index contributed by atoms with van der Waals surface area (Å²) in [6.07, 6.45) is 2.42. The minimum Gasteiger partial charge on any atom is -0.469 e. The van der Waals surface area contributed by atoms with Crippen LogP contribution in [0.25, 0.3) is 0 Å². The van der Waals surface area contributed by atoms with Crippen LogP contribution in [-0.2, 0) is 16.1 Å². The molecule has 0 atom stereocenters. The van der Waals surface area contributed by atoms with Crippen LogP contribution in [0.4, 0.5) is 5.82 Å². The summed E-state index contributed by atoms with van der Waals surface area (Å²) in [5, 5.41) is 14.3. The van der Waals surface area contributed by atoms with Gasteiger partial charge >= 0.3 is 11.8 Å². The van der Waals surface area contributed by atoms with E-state index in [1.54, 1.807) is 13.1 Å². The molecule has 0 aliphatic heterocycles. The van der Waals surface area contributed by atoms with Gasteiger partial charge in [0.25, 0.3) is 0 Å². The van der Waals surface area contributed by atoms with Crippen molar-refractivity contribution in [1.82, 2.24) is 9.78 Å². The first-order valence-corrected chi connectivity index (χ1v) is 4.80. The predicted molar refractivity (Wildman–Crippen MR) is 54.9 cm³/mol. The number of carbonyl (C=O) groups is 1. The second kappa shape index (κ2) is 5.24. The molecule has 1 rings (SSSR count). The fraction of sp³-hybridized carbons (Fsp3) is 0.556. The van der Waals surface area contributed by atoms with Crippen LogP contribution in [0.15, 0.2) is 6.20 Å². The van der Waals surface area contributed by atoms with Crippen molar-refractivity contribution in [3.63, 3.8) is 0 Å². The minimum atomic E-state index is -0.522. The highest BCUT2D eigenvalue weighted by atomic mass is 16.6. The van der Waals surface area contributed by atoms with E-state index in [4.69, 9.17) is 0 Å². The van der Waals surface area contributed by atoms with Gasteiger partial charge in [-0.3, -0.25) is 4.79 Å². The summed E-state index contributed by atoms with van der Waals surface area (Å²) in [6, 6.07) is 0. The molecule has 16 heavy (non-hydrogen) atoms. The Bertz CT molecular complexity index is 399. The van der Waals surface area contributed by atoms with Gasteiger partial charge in [-0.2, -0.15) is 4.68 Å². The van der Waals surface area contributed by atoms with Crippen LogP contribution in [0.5, 0.6) is 0 Å². The first kappa shape index (κ1) is 12.2. The standard InChI is InChI=1S/C9H13N3O4/c1-7-6-11(10-9(7)12(14)15)5-3-4-8(13)16-2/h6H,3-5H2,1-2H3. The Kier molecular flexibility index (Phi) is 3.98. The van der Waals surface area contributed by atoms with Crippen molar-refractivity contribution in [2.75, 3.05) is 7.11 Å². The molecule has 88 valence electrons. The van der Waals surface area contributed by atoms with Gasteiger partial charge in [0, 0.05) is 6.42 Å². The van der Waals surface area contributed by atoms with E-state index in [9.17, 15) is 14.9 Å². The Morgan fingerprint density at radius 2 is 2.38 bits per heavy atom. The Labute approximate surface area is 92.2 Å². The number of nitro groups is 1. The average Bonchev–Trinajstić information content (AvgIpc) is 2.59. The van der Waals surface area contributed by atoms with Gasteiger partial charge in [-0.05, 0) is 18.3 Å². The maximum atomic E-state index is 10.8. The van der Waals surface area contributed by atoms with Crippen molar-refractivity contribution in [3.8, 4) is 0 Å². The molecule has 0 aromatic carbocycles. The van der Waals surface area contributed by atoms with Gasteiger partial charge < -0.3 is 14.9 Å². The molecular formula is C9H13N3O4. The van der Waals surface area contributed by atoms with Gasteiger partial charge in [0.15, 0.2) is 0 Å². The normalized spacial score (nSPS) is 10.1. The van der Waals surface area contributed by atoms with Crippen LogP contribution >= 0.6 is 0 Å². The molecule has 0 saturated carbocycles. The number of ether oxygens (including phenoxy) is 1. The van der Waals surface area contributed by atoms with Crippen LogP contribution in [0, 0.1) is 17.0 Å². The Morgan fingerprint density at radius 1 is 1.69 bits per heavy atom. The third-order valence-electron chi connectivity index (χ3n) is 2.09. The monoisotopic (exact) mass is 227 g/mol. The number of hydrogen-bond acceptors (Lipinski definition) is 5. The number of hydrogen-bond donors (Lipinski definition) is 0. The second-order valence-corrected chi connectivity index (χ2v) is 3.34. The molecule has 0 unspecified atom stereocenters. The van der Waals surface area contributed by atoms with Crippen LogP contribution in [-0.4, -0.2) is 27.8 Å². The molecule has 0 amide bonds. The molecule has 1 aromatic rings. The van der Waals surface area contributed by atoms with E-state index in [-0.39, 0.29) is 18.2 Å². The van der Waals surface area contributed by atoms with Crippen molar-refractivity contribution in [3.05, 3.63) is 21.9 Å². The highest BCUT2D eigenvalue weighted by Gasteiger charge is 2.16. The molecule has 0 fully saturated rings. The zero-order chi connectivity index (χ0) is 12.1. The summed E-state index contributed by atoms with van der Waals surface area (Å²) in [7, 11) is 1.32. The van der Waals surface area contributed by atoms with E-state index >= 15 is 0 Å². The van der Waals surface area contributed by atoms with E-state index < -0.39 is 4.92 Å². The molecule has 0 N–H and O–H groups in total. The first-order chi connectivity index (χ1) is 7.54. The lowest BCUT2D eigenvalue weighted by atomic mass is 10.3. The summed E-state index contributed by atoms with van der Waals surface area (Å²) < 4.78 is 5.95. The van der Waals surface area contributed by atoms with Crippen LogP contribution in [0.3, 0.4) is 0 Å². The summed E-state index contributed by atoms with van der Waals surface area (Å²) in [4.78, 5) is 20.8. The Hall–Kier alpha value is -1.92. The summed E-state index contributed by atoms with van der Waals surface area (Å²) in [5.41, 5.74) is 0.517. The second-order valence-electron chi connectivity index (χ2n) is 3.34. The predicted octanol–water partition coefficient (Wildman–Crippen LogP) is 1.05. The molecule has 7 heteroatoms. The largest absolute Gasteiger partial charge is 0.469 e. The third-order valence-corrected chi connectivity index (χ3v) is 2.09. The number of esters is 1. The molecule has 0 aliphatic carbocycles. The van der Waals surface area contributed by atoms with Gasteiger partial charge in [-0.1, -0.05) is 0 Å². The first-order valence-electron chi connectivity index (χ1n) is 4.80. The summed E-state index contributed by atoms with van der Waals surface area (Å²) >= 11 is 0. The molecule has 1 heterocycles. The zero-order valence-corrected chi connectivity index (χ0v) is 9.17. The Balaban J connectivity index is 2.52. The molecule has 7 nitrogen and oxygen atoms in total. The number of aromatic nitrogens is 2. The van der Waals surface area contributed by atoms with Gasteiger partial charge in [0.05, 0.1) is 30.5 Å². The van der Waals surface area contributed by atoms with Crippen LogP contribution < -0.4 is 0 Å². The zero-order valence-electron chi connectivity index (χ0n) is 9.17. The fourth-order valence-electron chi connectivity index (χ4n) is 1.29. The van der Waals surface area contributed by atoms with E-state index in [1.165, 1.54) is 11.8 Å². The van der Waals surface area contributed by atoms with Crippen LogP contribution in [0.1, 0.15) is 18.4 Å². The smallest absolute Gasteiger partial charge is 0.392 e. The topological polar surface area (TPSA) is 87.3 Å². The highest BCUT2D eigenvalue weighted by molar-refractivity contribution is 5.68. The SMILES string of the molecule is COC(=O)CCCn1cc(C)c([N+](=O)[O-])n1. The van der Waals surface area contributed by atoms with Crippen molar-refractivity contribution in [2.24, 2.45) is 0 Å². The van der Waals surface area contributed by atoms with E-state index in [0.717, 1.165) is 0 Å². The molecule has 0 spiro atoms. The van der Waals surface area contributed by atoms with E-state index in [0.29, 0.717) is 18.5 Å². The minimum absolute atomic E-state index is 0.141. The lowest BCUT2D eigenvalue weighted by Gasteiger charge is -1.97. The van der Waals surface area contributed by atoms with Gasteiger partial charge in [-0.15, -0.1) is 0 Å². The quantitative estimate of drug-likeness (QED) is 0.426. The average molecular weight is 227 g/mol. The maximum Gasteiger partial charge on any atom is 0.392 e. The number of nitrogens with zero attached hydrogens (tertiary/aromatic N) is 3. The Morgan fingerprint density at radius 3 is 2.88 bits per heavy atom. The van der Waals surface area contributed by atoms with Crippen molar-refractivity contribution in [2.45, 2.75) is 26.3 Å².